The van der Waals surface area contributed by atoms with Crippen LogP contribution in [-0.4, -0.2) is 44.2 Å². The molecule has 2 heterocycles. The van der Waals surface area contributed by atoms with Gasteiger partial charge in [0.1, 0.15) is 23.0 Å². The maximum atomic E-state index is 14.1. The molecule has 0 saturated heterocycles. The van der Waals surface area contributed by atoms with Crippen LogP contribution < -0.4 is 18.1 Å². The summed E-state index contributed by atoms with van der Waals surface area (Å²) in [5.41, 5.74) is 11.8. The van der Waals surface area contributed by atoms with E-state index in [1.165, 1.54) is 22.3 Å². The highest BCUT2D eigenvalue weighted by atomic mass is 31.2. The minimum atomic E-state index is -3.95. The average molecular weight is 1080 g/mol. The molecule has 2 aliphatic heterocycles. The van der Waals surface area contributed by atoms with Crippen molar-refractivity contribution in [1.82, 2.24) is 0 Å². The molecule has 14 heteroatoms. The number of fused-ring (bicyclic) bond motifs is 4. The topological polar surface area (TPSA) is 153 Å². The van der Waals surface area contributed by atoms with Gasteiger partial charge >= 0.3 is 48.9 Å². The van der Waals surface area contributed by atoms with Gasteiger partial charge in [0.05, 0.1) is 0 Å². The van der Waals surface area contributed by atoms with Crippen LogP contribution in [0.1, 0.15) is 246 Å². The van der Waals surface area contributed by atoms with Crippen LogP contribution in [0.25, 0.3) is 0 Å². The zero-order valence-electron chi connectivity index (χ0n) is 49.5. The van der Waals surface area contributed by atoms with Crippen LogP contribution in [0.3, 0.4) is 0 Å². The Labute approximate surface area is 458 Å². The fourth-order valence-corrected chi connectivity index (χ4v) is 11.6. The van der Waals surface area contributed by atoms with Crippen molar-refractivity contribution in [3.63, 3.8) is 0 Å². The first-order valence-electron chi connectivity index (χ1n) is 25.3. The van der Waals surface area contributed by atoms with E-state index < -0.39 is 15.6 Å². The Bertz CT molecular complexity index is 2580. The Morgan fingerprint density at radius 2 is 0.603 bits per heavy atom. The number of phosphoric ester groups is 2. The first-order chi connectivity index (χ1) is 31.7. The van der Waals surface area contributed by atoms with Gasteiger partial charge in [0, 0.05) is 45.7 Å². The molecule has 2 aliphatic rings. The third-order valence-corrected chi connectivity index (χ3v) is 17.9. The first-order valence-corrected chi connectivity index (χ1v) is 29.4. The molecule has 0 spiro atoms. The van der Waals surface area contributed by atoms with Crippen molar-refractivity contribution in [3.8, 4) is 23.0 Å². The number of hydrogen-bond acceptors (Lipinski definition) is 8. The summed E-state index contributed by atoms with van der Waals surface area (Å²) in [6.45, 7) is 54.8. The molecule has 0 aromatic heterocycles. The van der Waals surface area contributed by atoms with Gasteiger partial charge in [-0.25, -0.2) is 9.13 Å². The quantitative estimate of drug-likeness (QED) is 0.142. The third kappa shape index (κ3) is 14.5. The first kappa shape index (κ1) is 64.7. The molecule has 73 heavy (non-hydrogen) atoms. The predicted octanol–water partition coefficient (Wildman–Crippen LogP) is 15.3. The summed E-state index contributed by atoms with van der Waals surface area (Å²) in [5, 5.41) is 0. The Morgan fingerprint density at radius 3 is 0.822 bits per heavy atom. The monoisotopic (exact) mass is 1080 g/mol. The van der Waals surface area contributed by atoms with Crippen molar-refractivity contribution >= 4 is 48.9 Å². The van der Waals surface area contributed by atoms with E-state index in [0.717, 1.165) is 77.8 Å². The smallest absolute Gasteiger partial charge is 0.412 e. The summed E-state index contributed by atoms with van der Waals surface area (Å²) in [4.78, 5) is 0. The molecule has 10 nitrogen and oxygen atoms in total. The van der Waals surface area contributed by atoms with Gasteiger partial charge in [0.15, 0.2) is 0 Å². The third-order valence-electron chi connectivity index (χ3n) is 13.7. The number of benzene rings is 4. The Balaban J connectivity index is 0.000000375. The fourth-order valence-electron chi connectivity index (χ4n) is 8.93. The Hall–Kier alpha value is -2.56. The van der Waals surface area contributed by atoms with Gasteiger partial charge < -0.3 is 36.2 Å². The lowest BCUT2D eigenvalue weighted by Crippen LogP contribution is -2.24. The van der Waals surface area contributed by atoms with Gasteiger partial charge in [-0.2, -0.15) is 0 Å². The van der Waals surface area contributed by atoms with Gasteiger partial charge in [-0.15, -0.1) is 0 Å². The highest BCUT2D eigenvalue weighted by Gasteiger charge is 2.42. The molecular formula is C59H92Al2O10P2. The van der Waals surface area contributed by atoms with Crippen LogP contribution in [0, 0.1) is 0 Å². The molecule has 6 rings (SSSR count). The highest BCUT2D eigenvalue weighted by molar-refractivity contribution is 7.50. The molecule has 0 unspecified atom stereocenters. The predicted molar refractivity (Wildman–Crippen MR) is 307 cm³/mol. The lowest BCUT2D eigenvalue weighted by molar-refractivity contribution is 0.294. The van der Waals surface area contributed by atoms with Crippen molar-refractivity contribution in [2.24, 2.45) is 0 Å². The van der Waals surface area contributed by atoms with E-state index >= 15 is 0 Å². The molecule has 4 N–H and O–H groups in total. The second kappa shape index (κ2) is 21.3. The van der Waals surface area contributed by atoms with Crippen molar-refractivity contribution in [2.75, 3.05) is 0 Å². The normalized spacial score (nSPS) is 18.2. The molecule has 0 atom stereocenters. The van der Waals surface area contributed by atoms with Gasteiger partial charge in [0.2, 0.25) is 0 Å². The summed E-state index contributed by atoms with van der Waals surface area (Å²) in [5.74, 6) is 2.41. The highest BCUT2D eigenvalue weighted by Crippen LogP contribution is 2.60. The van der Waals surface area contributed by atoms with Crippen molar-refractivity contribution in [2.45, 2.75) is 229 Å². The maximum absolute atomic E-state index is 14.1. The Kier molecular flexibility index (Phi) is 18.9. The molecule has 0 aliphatic carbocycles. The average Bonchev–Trinajstić information content (AvgIpc) is 3.17. The molecule has 2 radical (unpaired) electrons. The van der Waals surface area contributed by atoms with Crippen molar-refractivity contribution < 1.29 is 45.3 Å². The zero-order chi connectivity index (χ0) is 54.4. The summed E-state index contributed by atoms with van der Waals surface area (Å²) in [6.07, 6.45) is 0.622. The van der Waals surface area contributed by atoms with E-state index in [1.807, 2.05) is 0 Å². The van der Waals surface area contributed by atoms with Crippen LogP contribution in [0.4, 0.5) is 0 Å². The van der Waals surface area contributed by atoms with Crippen molar-refractivity contribution in [3.05, 3.63) is 115 Å². The van der Waals surface area contributed by atoms with Gasteiger partial charge in [-0.3, -0.25) is 0 Å². The van der Waals surface area contributed by atoms with Crippen LogP contribution >= 0.6 is 15.6 Å². The Morgan fingerprint density at radius 1 is 0.384 bits per heavy atom. The van der Waals surface area contributed by atoms with Crippen LogP contribution in [-0.2, 0) is 66.0 Å². The minimum absolute atomic E-state index is 0. The SMILES string of the molecule is CC(C)(C)c1cc2c(c(C(C)(C)C)c1)OP(=O)([O][AlH])Oc1c(cc(C(C)(C)C)cc1C(C)(C)C)C2.CC1c2cc(C(C)(C)C)cc(C(C)(C)C)c2OP(=O)([O][AlH])Oc2c1cc(C(C)(C)C)cc2C(C)(C)C.O.O. The van der Waals surface area contributed by atoms with E-state index in [0.29, 0.717) is 29.4 Å². The van der Waals surface area contributed by atoms with E-state index in [-0.39, 0.29) is 60.2 Å². The van der Waals surface area contributed by atoms with Crippen LogP contribution in [0.2, 0.25) is 0 Å². The molecule has 0 bridgehead atoms. The van der Waals surface area contributed by atoms with E-state index in [2.05, 4.69) is 222 Å². The maximum Gasteiger partial charge on any atom is 0.558 e. The van der Waals surface area contributed by atoms with Gasteiger partial charge in [-0.1, -0.05) is 222 Å². The summed E-state index contributed by atoms with van der Waals surface area (Å²) < 4.78 is 64.2. The molecule has 0 amide bonds. The molecule has 0 saturated carbocycles. The molecule has 404 valence electrons. The second-order valence-electron chi connectivity index (χ2n) is 28.3. The summed E-state index contributed by atoms with van der Waals surface area (Å²) >= 11 is 2.32. The van der Waals surface area contributed by atoms with Crippen LogP contribution in [0.5, 0.6) is 23.0 Å². The number of phosphoric acid groups is 2. The largest absolute Gasteiger partial charge is 0.558 e. The summed E-state index contributed by atoms with van der Waals surface area (Å²) in [7, 11) is -7.87. The number of rotatable bonds is 2. The fraction of sp³-hybridized carbons (Fsp3) is 0.593. The van der Waals surface area contributed by atoms with E-state index in [9.17, 15) is 9.13 Å². The lowest BCUT2D eigenvalue weighted by Gasteiger charge is -2.36. The standard InChI is InChI=1S/C30H45O4P.C29H43O4P.2Al.2H2O.2H/c1-18-21-14-19(27(2,3)4)16-23(29(8,9)10)25(21)33-35(31,32)34-26-22(18)15-20(28(5,6)7)17-24(26)30(11,12)13;1-26(2,3)20-14-18-13-19-15-21(27(4,5)6)17-23(29(10,11)12)25(19)33-34(30,31)32-24(18)22(16-20)28(7,8)9;;;;;;/h14-18H,1-13H3,(H,31,32);14-17H,13H2,1-12H3,(H,30,31);;;2*1H2;;/q;;2*+1;;;;/p-2. The molecule has 4 aromatic rings. The number of hydrogen-bond donors (Lipinski definition) is 0. The van der Waals surface area contributed by atoms with Gasteiger partial charge in [0.25, 0.3) is 0 Å². The van der Waals surface area contributed by atoms with E-state index in [1.54, 1.807) is 0 Å². The van der Waals surface area contributed by atoms with Crippen molar-refractivity contribution in [1.29, 1.82) is 0 Å². The molecule has 4 aromatic carbocycles. The second-order valence-corrected chi connectivity index (χ2v) is 32.9. The van der Waals surface area contributed by atoms with Crippen LogP contribution in [0.15, 0.2) is 48.5 Å². The molecule has 0 fully saturated rings. The molecular weight excluding hydrogens is 985 g/mol. The minimum Gasteiger partial charge on any atom is -0.412 e. The lowest BCUT2D eigenvalue weighted by atomic mass is 9.74. The van der Waals surface area contributed by atoms with Gasteiger partial charge in [-0.05, 0) is 76.7 Å². The summed E-state index contributed by atoms with van der Waals surface area (Å²) in [6, 6.07) is 17.7. The van der Waals surface area contributed by atoms with E-state index in [4.69, 9.17) is 25.2 Å². The zero-order valence-corrected chi connectivity index (χ0v) is 54.1.